The van der Waals surface area contributed by atoms with Crippen LogP contribution in [0.15, 0.2) is 11.8 Å². The highest BCUT2D eigenvalue weighted by Crippen LogP contribution is 2.65. The highest BCUT2D eigenvalue weighted by atomic mass is 32.2. The minimum absolute atomic E-state index is 0.0189. The van der Waals surface area contributed by atoms with Gasteiger partial charge in [0.1, 0.15) is 5.76 Å². The maximum absolute atomic E-state index is 12.8. The summed E-state index contributed by atoms with van der Waals surface area (Å²) in [6.07, 6.45) is 6.81. The van der Waals surface area contributed by atoms with E-state index in [1.165, 1.54) is 0 Å². The predicted octanol–water partition coefficient (Wildman–Crippen LogP) is 4.12. The topological polar surface area (TPSA) is 72.5 Å². The molecule has 1 heterocycles. The van der Waals surface area contributed by atoms with Crippen LogP contribution in [0.1, 0.15) is 58.8 Å². The summed E-state index contributed by atoms with van der Waals surface area (Å²) in [6.45, 7) is 4.78. The molecule has 1 aliphatic heterocycles. The Labute approximate surface area is 169 Å². The molecule has 29 heavy (non-hydrogen) atoms. The number of hydrogen-bond donors (Lipinski definition) is 1. The lowest BCUT2D eigenvalue weighted by molar-refractivity contribution is -0.125. The van der Waals surface area contributed by atoms with Crippen molar-refractivity contribution in [1.82, 2.24) is 5.32 Å². The Morgan fingerprint density at radius 1 is 1.14 bits per heavy atom. The van der Waals surface area contributed by atoms with E-state index in [0.29, 0.717) is 43.6 Å². The molecule has 0 radical (unpaired) electrons. The first-order chi connectivity index (χ1) is 13.4. The summed E-state index contributed by atoms with van der Waals surface area (Å²) in [6, 6.07) is 0. The highest BCUT2D eigenvalue weighted by Gasteiger charge is 2.60. The van der Waals surface area contributed by atoms with E-state index in [-0.39, 0.29) is 23.0 Å². The van der Waals surface area contributed by atoms with Crippen molar-refractivity contribution in [3.05, 3.63) is 11.8 Å². The lowest BCUT2D eigenvalue weighted by atomic mass is 9.46. The van der Waals surface area contributed by atoms with Gasteiger partial charge in [-0.05, 0) is 73.7 Å². The van der Waals surface area contributed by atoms with Gasteiger partial charge < -0.3 is 9.50 Å². The predicted molar refractivity (Wildman–Crippen MR) is 99.6 cm³/mol. The molecule has 4 rings (SSSR count). The van der Waals surface area contributed by atoms with Crippen molar-refractivity contribution >= 4 is 16.0 Å². The summed E-state index contributed by atoms with van der Waals surface area (Å²) in [7, 11) is -5.66. The van der Waals surface area contributed by atoms with E-state index < -0.39 is 21.0 Å². The average Bonchev–Trinajstić information content (AvgIpc) is 2.83. The number of rotatable bonds is 2. The zero-order chi connectivity index (χ0) is 21.2. The molecule has 0 aromatic rings. The minimum Gasteiger partial charge on any atom is -0.380 e. The number of amides is 1. The normalized spacial score (nSPS) is 42.7. The first-order valence-electron chi connectivity index (χ1n) is 10.4. The van der Waals surface area contributed by atoms with Gasteiger partial charge in [0.2, 0.25) is 5.91 Å². The first kappa shape index (κ1) is 21.0. The SMILES string of the molecule is C[C@]12CCNC(=O)C[C@@H]1CC[C@@H]1[C@@H]2CC[C@]2(C)C(OS(=O)(=O)C(F)(F)F)=CC[C@@H]12. The van der Waals surface area contributed by atoms with Crippen LogP contribution in [0, 0.1) is 34.5 Å². The Kier molecular flexibility index (Phi) is 4.80. The summed E-state index contributed by atoms with van der Waals surface area (Å²) in [5, 5.41) is 2.98. The number of nitrogens with one attached hydrogen (secondary N) is 1. The molecule has 1 amide bonds. The third kappa shape index (κ3) is 3.18. The molecule has 3 aliphatic carbocycles. The van der Waals surface area contributed by atoms with Crippen molar-refractivity contribution in [2.45, 2.75) is 64.3 Å². The summed E-state index contributed by atoms with van der Waals surface area (Å²) in [5.74, 6) is 1.15. The lowest BCUT2D eigenvalue weighted by Crippen LogP contribution is -2.51. The summed E-state index contributed by atoms with van der Waals surface area (Å²) >= 11 is 0. The van der Waals surface area contributed by atoms with Gasteiger partial charge in [-0.2, -0.15) is 21.6 Å². The zero-order valence-corrected chi connectivity index (χ0v) is 17.5. The van der Waals surface area contributed by atoms with Gasteiger partial charge in [-0.15, -0.1) is 0 Å². The fourth-order valence-corrected chi connectivity index (χ4v) is 7.44. The molecule has 3 fully saturated rings. The largest absolute Gasteiger partial charge is 0.534 e. The van der Waals surface area contributed by atoms with E-state index in [1.807, 2.05) is 6.92 Å². The number of carbonyl (C=O) groups excluding carboxylic acids is 1. The molecule has 0 aromatic heterocycles. The maximum atomic E-state index is 12.8. The van der Waals surface area contributed by atoms with Crippen molar-refractivity contribution in [3.63, 3.8) is 0 Å². The van der Waals surface area contributed by atoms with E-state index in [9.17, 15) is 26.4 Å². The molecule has 164 valence electrons. The first-order valence-corrected chi connectivity index (χ1v) is 11.8. The van der Waals surface area contributed by atoms with Gasteiger partial charge in [-0.1, -0.05) is 13.8 Å². The second-order valence-corrected chi connectivity index (χ2v) is 11.2. The smallest absolute Gasteiger partial charge is 0.380 e. The van der Waals surface area contributed by atoms with Crippen molar-refractivity contribution in [1.29, 1.82) is 0 Å². The van der Waals surface area contributed by atoms with Crippen LogP contribution < -0.4 is 5.32 Å². The quantitative estimate of drug-likeness (QED) is 0.523. The molecule has 0 unspecified atom stereocenters. The Morgan fingerprint density at radius 3 is 2.55 bits per heavy atom. The second-order valence-electron chi connectivity index (χ2n) is 9.70. The molecule has 1 saturated heterocycles. The molecule has 2 saturated carbocycles. The van der Waals surface area contributed by atoms with E-state index in [1.54, 1.807) is 6.08 Å². The third-order valence-corrected chi connectivity index (χ3v) is 9.44. The summed E-state index contributed by atoms with van der Waals surface area (Å²) < 4.78 is 66.3. The third-order valence-electron chi connectivity index (χ3n) is 8.48. The lowest BCUT2D eigenvalue weighted by Gasteiger charge is -2.58. The van der Waals surface area contributed by atoms with Crippen LogP contribution >= 0.6 is 0 Å². The van der Waals surface area contributed by atoms with Gasteiger partial charge >= 0.3 is 15.6 Å². The molecule has 6 atom stereocenters. The van der Waals surface area contributed by atoms with Crippen LogP contribution in [-0.2, 0) is 19.1 Å². The van der Waals surface area contributed by atoms with Crippen LogP contribution in [0.25, 0.3) is 0 Å². The van der Waals surface area contributed by atoms with Gasteiger partial charge in [0.25, 0.3) is 0 Å². The Bertz CT molecular complexity index is 839. The highest BCUT2D eigenvalue weighted by molar-refractivity contribution is 7.87. The number of alkyl halides is 3. The molecule has 5 nitrogen and oxygen atoms in total. The molecule has 0 aromatic carbocycles. The molecule has 1 N–H and O–H groups in total. The zero-order valence-electron chi connectivity index (χ0n) is 16.7. The fourth-order valence-electron chi connectivity index (χ4n) is 6.85. The second kappa shape index (κ2) is 6.62. The number of allylic oxidation sites excluding steroid dienone is 2. The van der Waals surface area contributed by atoms with Gasteiger partial charge in [0, 0.05) is 18.4 Å². The molecular formula is C20H28F3NO4S. The van der Waals surface area contributed by atoms with Gasteiger partial charge in [0.05, 0.1) is 0 Å². The van der Waals surface area contributed by atoms with Crippen molar-refractivity contribution in [3.8, 4) is 0 Å². The van der Waals surface area contributed by atoms with Gasteiger partial charge in [0.15, 0.2) is 0 Å². The fraction of sp³-hybridized carbons (Fsp3) is 0.850. The summed E-state index contributed by atoms with van der Waals surface area (Å²) in [4.78, 5) is 12.0. The van der Waals surface area contributed by atoms with Crippen LogP contribution in [0.5, 0.6) is 0 Å². The molecular weight excluding hydrogens is 407 g/mol. The standard InChI is InChI=1S/C20H28F3NO4S/c1-18-9-10-24-17(25)11-12(18)3-4-13-14-5-6-16(19(14,2)8-7-15(13)18)28-29(26,27)20(21,22)23/h6,12-15H,3-5,7-11H2,1-2H3,(H,24,25)/t12-,13-,14-,15-,18-,19-/m0/s1. The van der Waals surface area contributed by atoms with Gasteiger partial charge in [-0.25, -0.2) is 0 Å². The van der Waals surface area contributed by atoms with E-state index in [4.69, 9.17) is 0 Å². The van der Waals surface area contributed by atoms with Crippen LogP contribution in [0.3, 0.4) is 0 Å². The van der Waals surface area contributed by atoms with Crippen molar-refractivity contribution in [2.75, 3.05) is 6.54 Å². The van der Waals surface area contributed by atoms with E-state index in [0.717, 1.165) is 25.7 Å². The van der Waals surface area contributed by atoms with Gasteiger partial charge in [-0.3, -0.25) is 4.79 Å². The van der Waals surface area contributed by atoms with Crippen molar-refractivity contribution in [2.24, 2.45) is 34.5 Å². The van der Waals surface area contributed by atoms with E-state index >= 15 is 0 Å². The number of carbonyl (C=O) groups is 1. The molecule has 0 spiro atoms. The monoisotopic (exact) mass is 435 g/mol. The summed E-state index contributed by atoms with van der Waals surface area (Å²) in [5.41, 5.74) is -6.10. The van der Waals surface area contributed by atoms with Crippen molar-refractivity contribution < 1.29 is 30.6 Å². The Balaban J connectivity index is 1.58. The molecule has 9 heteroatoms. The van der Waals surface area contributed by atoms with E-state index in [2.05, 4.69) is 16.4 Å². The average molecular weight is 436 g/mol. The van der Waals surface area contributed by atoms with Crippen LogP contribution in [0.4, 0.5) is 13.2 Å². The number of fused-ring (bicyclic) bond motifs is 5. The Hall–Kier alpha value is -1.25. The van der Waals surface area contributed by atoms with Crippen LogP contribution in [0.2, 0.25) is 0 Å². The maximum Gasteiger partial charge on any atom is 0.534 e. The Morgan fingerprint density at radius 2 is 1.86 bits per heavy atom. The molecule has 0 bridgehead atoms. The number of halogens is 3. The van der Waals surface area contributed by atoms with Crippen LogP contribution in [-0.4, -0.2) is 26.4 Å². The number of hydrogen-bond acceptors (Lipinski definition) is 4. The minimum atomic E-state index is -5.66. The molecule has 4 aliphatic rings.